The van der Waals surface area contributed by atoms with Crippen LogP contribution in [0.1, 0.15) is 69.9 Å². The summed E-state index contributed by atoms with van der Waals surface area (Å²) in [6.07, 6.45) is 8.59. The predicted molar refractivity (Wildman–Crippen MR) is 106 cm³/mol. The number of primary amides is 1. The minimum atomic E-state index is -2.21. The van der Waals surface area contributed by atoms with E-state index < -0.39 is 18.4 Å². The van der Waals surface area contributed by atoms with Crippen molar-refractivity contribution >= 4 is 39.1 Å². The van der Waals surface area contributed by atoms with Crippen LogP contribution >= 0.6 is 11.3 Å². The topological polar surface area (TPSA) is 56.0 Å². The number of rotatable bonds is 10. The minimum absolute atomic E-state index is 0.250. The summed E-state index contributed by atoms with van der Waals surface area (Å²) >= 11 is -0.156. The Morgan fingerprint density at radius 3 is 1.65 bits per heavy atom. The summed E-state index contributed by atoms with van der Waals surface area (Å²) in [5.41, 5.74) is 5.47. The van der Waals surface area contributed by atoms with E-state index >= 15 is 0 Å². The van der Waals surface area contributed by atoms with Gasteiger partial charge >= 0.3 is 135 Å². The van der Waals surface area contributed by atoms with Crippen molar-refractivity contribution in [1.29, 1.82) is 0 Å². The van der Waals surface area contributed by atoms with E-state index in [1.165, 1.54) is 62.4 Å². The third-order valence-electron chi connectivity index (χ3n) is 4.51. The van der Waals surface area contributed by atoms with Crippen molar-refractivity contribution in [2.24, 2.45) is 5.73 Å². The second-order valence-corrected chi connectivity index (χ2v) is 21.6. The first kappa shape index (κ1) is 22.9. The van der Waals surface area contributed by atoms with Crippen LogP contribution in [0, 0.1) is 13.8 Å². The van der Waals surface area contributed by atoms with Gasteiger partial charge in [-0.15, -0.1) is 0 Å². The third kappa shape index (κ3) is 8.01. The first-order valence-electron chi connectivity index (χ1n) is 9.11. The average Bonchev–Trinajstić information content (AvgIpc) is 2.88. The number of aromatic nitrogens is 1. The molecule has 0 radical (unpaired) electrons. The van der Waals surface area contributed by atoms with Gasteiger partial charge in [0.2, 0.25) is 6.41 Å². The van der Waals surface area contributed by atoms with Crippen LogP contribution in [0.15, 0.2) is 0 Å². The molecular formula is C18H36N2OSSn. The Morgan fingerprint density at radius 2 is 1.39 bits per heavy atom. The third-order valence-corrected chi connectivity index (χ3v) is 23.3. The number of carbonyl (C=O) groups is 1. The van der Waals surface area contributed by atoms with Crippen LogP contribution in [0.25, 0.3) is 0 Å². The largest absolute Gasteiger partial charge is 0.372 e. The molecular weight excluding hydrogens is 411 g/mol. The maximum absolute atomic E-state index is 8.58. The Hall–Kier alpha value is -0.101. The molecule has 2 N–H and O–H groups in total. The van der Waals surface area contributed by atoms with Crippen LogP contribution in [-0.2, 0) is 4.79 Å². The zero-order valence-electron chi connectivity index (χ0n) is 15.8. The summed E-state index contributed by atoms with van der Waals surface area (Å²) in [7, 11) is 0. The molecule has 1 amide bonds. The van der Waals surface area contributed by atoms with E-state index in [1.807, 2.05) is 0 Å². The number of aryl methyl sites for hydroxylation is 2. The normalized spacial score (nSPS) is 11.0. The van der Waals surface area contributed by atoms with Crippen LogP contribution < -0.4 is 8.76 Å². The molecule has 5 heteroatoms. The van der Waals surface area contributed by atoms with Crippen molar-refractivity contribution in [3.05, 3.63) is 10.6 Å². The molecule has 0 aliphatic heterocycles. The van der Waals surface area contributed by atoms with E-state index in [2.05, 4.69) is 51.7 Å². The molecule has 3 nitrogen and oxygen atoms in total. The van der Waals surface area contributed by atoms with E-state index in [9.17, 15) is 0 Å². The van der Waals surface area contributed by atoms with Gasteiger partial charge in [-0.25, -0.2) is 0 Å². The number of unbranched alkanes of at least 4 members (excludes halogenated alkanes) is 3. The van der Waals surface area contributed by atoms with E-state index in [-0.39, 0.29) is 6.41 Å². The zero-order chi connectivity index (χ0) is 17.7. The Kier molecular flexibility index (Phi) is 13.2. The second-order valence-electron chi connectivity index (χ2n) is 6.39. The summed E-state index contributed by atoms with van der Waals surface area (Å²) in [5, 5.41) is 0. The number of hydrogen-bond donors (Lipinski definition) is 1. The zero-order valence-corrected chi connectivity index (χ0v) is 19.5. The number of amides is 1. The van der Waals surface area contributed by atoms with Gasteiger partial charge in [0.1, 0.15) is 0 Å². The van der Waals surface area contributed by atoms with E-state index in [1.54, 1.807) is 3.02 Å². The number of nitrogens with zero attached hydrogens (tertiary/aromatic N) is 1. The molecule has 134 valence electrons. The average molecular weight is 447 g/mol. The van der Waals surface area contributed by atoms with Gasteiger partial charge in [0.15, 0.2) is 0 Å². The summed E-state index contributed by atoms with van der Waals surface area (Å²) in [4.78, 5) is 15.1. The molecule has 0 atom stereocenters. The van der Waals surface area contributed by atoms with Crippen molar-refractivity contribution in [3.8, 4) is 0 Å². The Morgan fingerprint density at radius 1 is 1.00 bits per heavy atom. The van der Waals surface area contributed by atoms with Crippen molar-refractivity contribution in [2.45, 2.75) is 86.5 Å². The van der Waals surface area contributed by atoms with Gasteiger partial charge < -0.3 is 5.73 Å². The fraction of sp³-hybridized carbons (Fsp3) is 0.778. The van der Waals surface area contributed by atoms with Gasteiger partial charge in [0.05, 0.1) is 0 Å². The molecule has 0 saturated heterocycles. The van der Waals surface area contributed by atoms with Crippen LogP contribution in [0.3, 0.4) is 0 Å². The maximum Gasteiger partial charge on any atom is 0.204 e. The number of nitrogens with two attached hydrogens (primary N) is 1. The molecule has 0 bridgehead atoms. The summed E-state index contributed by atoms with van der Waals surface area (Å²) in [6, 6.07) is 0. The fourth-order valence-corrected chi connectivity index (χ4v) is 23.0. The monoisotopic (exact) mass is 448 g/mol. The summed E-state index contributed by atoms with van der Waals surface area (Å²) in [6.45, 7) is 11.5. The SMILES string of the molecule is CCC[CH2][Sn]([CH2]CCC)([CH2]CCC)[c]1nc(C)c(C)s1.NC=O. The van der Waals surface area contributed by atoms with Crippen molar-refractivity contribution in [2.75, 3.05) is 0 Å². The first-order chi connectivity index (χ1) is 11.0. The van der Waals surface area contributed by atoms with Crippen LogP contribution in [0.5, 0.6) is 0 Å². The smallest absolute Gasteiger partial charge is 0.204 e. The number of hydrogen-bond acceptors (Lipinski definition) is 3. The first-order valence-corrected chi connectivity index (χ1v) is 17.4. The van der Waals surface area contributed by atoms with E-state index in [0.717, 1.165) is 0 Å². The molecule has 0 fully saturated rings. The minimum Gasteiger partial charge on any atom is -0.372 e. The van der Waals surface area contributed by atoms with Gasteiger partial charge in [0, 0.05) is 0 Å². The summed E-state index contributed by atoms with van der Waals surface area (Å²) < 4.78 is 6.26. The molecule has 0 aliphatic carbocycles. The number of carbonyl (C=O) groups excluding carboxylic acids is 1. The summed E-state index contributed by atoms with van der Waals surface area (Å²) in [5.74, 6) is 0. The fourth-order valence-electron chi connectivity index (χ4n) is 2.94. The molecule has 23 heavy (non-hydrogen) atoms. The van der Waals surface area contributed by atoms with Crippen molar-refractivity contribution < 1.29 is 4.79 Å². The molecule has 1 aromatic rings. The van der Waals surface area contributed by atoms with Gasteiger partial charge in [0.25, 0.3) is 0 Å². The van der Waals surface area contributed by atoms with Gasteiger partial charge in [-0.3, -0.25) is 4.79 Å². The Bertz CT molecular complexity index is 393. The maximum atomic E-state index is 8.58. The molecule has 1 rings (SSSR count). The molecule has 0 aromatic carbocycles. The molecule has 0 saturated carbocycles. The number of thiazole rings is 1. The Labute approximate surface area is 151 Å². The van der Waals surface area contributed by atoms with Crippen LogP contribution in [0.2, 0.25) is 13.3 Å². The molecule has 1 heterocycles. The second kappa shape index (κ2) is 13.2. The van der Waals surface area contributed by atoms with Crippen LogP contribution in [0.4, 0.5) is 0 Å². The molecule has 0 aliphatic rings. The van der Waals surface area contributed by atoms with Gasteiger partial charge in [-0.2, -0.15) is 0 Å². The standard InChI is InChI=1S/C5H6NS.3C4H9.CH3NO.Sn/c1-4-5(2)7-3-6-4;3*1-3-4-2;2-1-3;/h1-2H3;3*1,3-4H2,2H3;1H,(H2,2,3);. The predicted octanol–water partition coefficient (Wildman–Crippen LogP) is 4.92. The quantitative estimate of drug-likeness (QED) is 0.409. The molecule has 0 spiro atoms. The van der Waals surface area contributed by atoms with Crippen LogP contribution in [-0.4, -0.2) is 29.8 Å². The Balaban J connectivity index is 0.00000149. The van der Waals surface area contributed by atoms with Crippen molar-refractivity contribution in [1.82, 2.24) is 4.98 Å². The van der Waals surface area contributed by atoms with Gasteiger partial charge in [-0.05, 0) is 0 Å². The van der Waals surface area contributed by atoms with E-state index in [0.29, 0.717) is 0 Å². The van der Waals surface area contributed by atoms with E-state index in [4.69, 9.17) is 9.78 Å². The van der Waals surface area contributed by atoms with Gasteiger partial charge in [-0.1, -0.05) is 0 Å². The van der Waals surface area contributed by atoms with Crippen molar-refractivity contribution in [3.63, 3.8) is 0 Å². The molecule has 1 aromatic heterocycles. The molecule has 0 unspecified atom stereocenters.